The predicted octanol–water partition coefficient (Wildman–Crippen LogP) is 2.59. The molecule has 0 radical (unpaired) electrons. The summed E-state index contributed by atoms with van der Waals surface area (Å²) in [6.07, 6.45) is 1.89. The smallest absolute Gasteiger partial charge is 0.253 e. The lowest BCUT2D eigenvalue weighted by Gasteiger charge is -2.34. The van der Waals surface area contributed by atoms with E-state index in [1.807, 2.05) is 6.92 Å². The highest BCUT2D eigenvalue weighted by Gasteiger charge is 2.26. The standard InChI is InChI=1S/C14H18F2N2O.ClH/c1-9(17)11-3-2-6-18(8-11)14(19)10-4-5-12(15)13(16)7-10;/h4-5,7,9,11H,2-3,6,8,17H2,1H3;1H. The number of amides is 1. The van der Waals surface area contributed by atoms with Crippen LogP contribution < -0.4 is 5.73 Å². The van der Waals surface area contributed by atoms with Gasteiger partial charge in [-0.05, 0) is 43.9 Å². The molecule has 1 aromatic rings. The van der Waals surface area contributed by atoms with Gasteiger partial charge in [-0.2, -0.15) is 0 Å². The third kappa shape index (κ3) is 3.67. The molecule has 0 saturated carbocycles. The molecule has 0 aliphatic carbocycles. The fourth-order valence-electron chi connectivity index (χ4n) is 2.44. The molecular formula is C14H19ClF2N2O. The number of halogens is 3. The molecule has 1 heterocycles. The topological polar surface area (TPSA) is 46.3 Å². The largest absolute Gasteiger partial charge is 0.338 e. The number of benzene rings is 1. The maximum atomic E-state index is 13.1. The Balaban J connectivity index is 0.00000200. The third-order valence-corrected chi connectivity index (χ3v) is 3.66. The van der Waals surface area contributed by atoms with Crippen LogP contribution in [0.15, 0.2) is 18.2 Å². The summed E-state index contributed by atoms with van der Waals surface area (Å²) in [6.45, 7) is 3.15. The van der Waals surface area contributed by atoms with Gasteiger partial charge in [-0.15, -0.1) is 12.4 Å². The molecular weight excluding hydrogens is 286 g/mol. The summed E-state index contributed by atoms with van der Waals surface area (Å²) < 4.78 is 26.0. The molecule has 1 saturated heterocycles. The van der Waals surface area contributed by atoms with Gasteiger partial charge in [0.2, 0.25) is 0 Å². The molecule has 0 aromatic heterocycles. The number of hydrogen-bond donors (Lipinski definition) is 1. The minimum atomic E-state index is -0.994. The van der Waals surface area contributed by atoms with Gasteiger partial charge < -0.3 is 10.6 Å². The number of nitrogens with two attached hydrogens (primary N) is 1. The van der Waals surface area contributed by atoms with Crippen LogP contribution in [0.3, 0.4) is 0 Å². The van der Waals surface area contributed by atoms with Crippen LogP contribution >= 0.6 is 12.4 Å². The Labute approximate surface area is 123 Å². The molecule has 2 rings (SSSR count). The molecule has 112 valence electrons. The van der Waals surface area contributed by atoms with Crippen molar-refractivity contribution in [1.82, 2.24) is 4.90 Å². The number of likely N-dealkylation sites (tertiary alicyclic amines) is 1. The Morgan fingerprint density at radius 3 is 2.70 bits per heavy atom. The maximum absolute atomic E-state index is 13.1. The Hall–Kier alpha value is -1.20. The SMILES string of the molecule is CC(N)C1CCCN(C(=O)c2ccc(F)c(F)c2)C1.Cl. The highest BCUT2D eigenvalue weighted by molar-refractivity contribution is 5.94. The van der Waals surface area contributed by atoms with Crippen molar-refractivity contribution < 1.29 is 13.6 Å². The van der Waals surface area contributed by atoms with Gasteiger partial charge >= 0.3 is 0 Å². The number of rotatable bonds is 2. The van der Waals surface area contributed by atoms with Crippen molar-refractivity contribution in [3.05, 3.63) is 35.4 Å². The van der Waals surface area contributed by atoms with Gasteiger partial charge in [0.15, 0.2) is 11.6 Å². The van der Waals surface area contributed by atoms with Crippen molar-refractivity contribution in [2.24, 2.45) is 11.7 Å². The van der Waals surface area contributed by atoms with Crippen LogP contribution in [0.25, 0.3) is 0 Å². The van der Waals surface area contributed by atoms with Gasteiger partial charge in [-0.3, -0.25) is 4.79 Å². The van der Waals surface area contributed by atoms with Gasteiger partial charge in [-0.1, -0.05) is 0 Å². The van der Waals surface area contributed by atoms with Gasteiger partial charge in [0.05, 0.1) is 0 Å². The normalized spacial score (nSPS) is 20.2. The van der Waals surface area contributed by atoms with E-state index in [0.717, 1.165) is 25.0 Å². The lowest BCUT2D eigenvalue weighted by Crippen LogP contribution is -2.45. The second kappa shape index (κ2) is 6.99. The zero-order valence-electron chi connectivity index (χ0n) is 11.3. The number of piperidine rings is 1. The summed E-state index contributed by atoms with van der Waals surface area (Å²) in [5.41, 5.74) is 6.05. The Kier molecular flexibility index (Phi) is 5.89. The van der Waals surface area contributed by atoms with Crippen LogP contribution in [-0.4, -0.2) is 29.9 Å². The molecule has 3 nitrogen and oxygen atoms in total. The molecule has 1 aliphatic heterocycles. The van der Waals surface area contributed by atoms with Gasteiger partial charge in [-0.25, -0.2) is 8.78 Å². The average molecular weight is 305 g/mol. The summed E-state index contributed by atoms with van der Waals surface area (Å²) in [5, 5.41) is 0. The second-order valence-corrected chi connectivity index (χ2v) is 5.14. The molecule has 2 unspecified atom stereocenters. The van der Waals surface area contributed by atoms with Crippen LogP contribution in [-0.2, 0) is 0 Å². The monoisotopic (exact) mass is 304 g/mol. The quantitative estimate of drug-likeness (QED) is 0.913. The van der Waals surface area contributed by atoms with Gasteiger partial charge in [0.1, 0.15) is 0 Å². The Morgan fingerprint density at radius 1 is 1.40 bits per heavy atom. The van der Waals surface area contributed by atoms with E-state index in [0.29, 0.717) is 13.1 Å². The molecule has 20 heavy (non-hydrogen) atoms. The van der Waals surface area contributed by atoms with E-state index in [-0.39, 0.29) is 35.8 Å². The maximum Gasteiger partial charge on any atom is 0.253 e. The van der Waals surface area contributed by atoms with Crippen LogP contribution in [0.5, 0.6) is 0 Å². The highest BCUT2D eigenvalue weighted by Crippen LogP contribution is 2.21. The summed E-state index contributed by atoms with van der Waals surface area (Å²) >= 11 is 0. The van der Waals surface area contributed by atoms with E-state index in [9.17, 15) is 13.6 Å². The number of hydrogen-bond acceptors (Lipinski definition) is 2. The molecule has 0 spiro atoms. The minimum Gasteiger partial charge on any atom is -0.338 e. The number of carbonyl (C=O) groups excluding carboxylic acids is 1. The van der Waals surface area contributed by atoms with E-state index in [4.69, 9.17) is 5.73 Å². The van der Waals surface area contributed by atoms with Crippen molar-refractivity contribution in [3.63, 3.8) is 0 Å². The molecule has 6 heteroatoms. The molecule has 1 amide bonds. The molecule has 0 bridgehead atoms. The average Bonchev–Trinajstić information content (AvgIpc) is 2.41. The summed E-state index contributed by atoms with van der Waals surface area (Å²) in [4.78, 5) is 13.9. The first-order chi connectivity index (χ1) is 8.99. The summed E-state index contributed by atoms with van der Waals surface area (Å²) in [5.74, 6) is -1.93. The molecule has 1 fully saturated rings. The van der Waals surface area contributed by atoms with Gasteiger partial charge in [0.25, 0.3) is 5.91 Å². The van der Waals surface area contributed by atoms with Gasteiger partial charge in [0, 0.05) is 24.7 Å². The van der Waals surface area contributed by atoms with Crippen molar-refractivity contribution in [1.29, 1.82) is 0 Å². The fourth-order valence-corrected chi connectivity index (χ4v) is 2.44. The highest BCUT2D eigenvalue weighted by atomic mass is 35.5. The zero-order valence-corrected chi connectivity index (χ0v) is 12.1. The first kappa shape index (κ1) is 16.9. The number of nitrogens with zero attached hydrogens (tertiary/aromatic N) is 1. The minimum absolute atomic E-state index is 0. The van der Waals surface area contributed by atoms with Crippen molar-refractivity contribution in [2.75, 3.05) is 13.1 Å². The van der Waals surface area contributed by atoms with Crippen molar-refractivity contribution >= 4 is 18.3 Å². The van der Waals surface area contributed by atoms with Crippen LogP contribution in [0.2, 0.25) is 0 Å². The van der Waals surface area contributed by atoms with E-state index >= 15 is 0 Å². The number of carbonyl (C=O) groups is 1. The lowest BCUT2D eigenvalue weighted by molar-refractivity contribution is 0.0660. The lowest BCUT2D eigenvalue weighted by atomic mass is 9.92. The molecule has 1 aromatic carbocycles. The van der Waals surface area contributed by atoms with Crippen LogP contribution in [0.4, 0.5) is 8.78 Å². The fraction of sp³-hybridized carbons (Fsp3) is 0.500. The predicted molar refractivity (Wildman–Crippen MR) is 75.9 cm³/mol. The van der Waals surface area contributed by atoms with Crippen molar-refractivity contribution in [3.8, 4) is 0 Å². The third-order valence-electron chi connectivity index (χ3n) is 3.66. The first-order valence-electron chi connectivity index (χ1n) is 6.49. The molecule has 2 atom stereocenters. The Morgan fingerprint density at radius 2 is 2.10 bits per heavy atom. The van der Waals surface area contributed by atoms with E-state index in [2.05, 4.69) is 0 Å². The first-order valence-corrected chi connectivity index (χ1v) is 6.49. The van der Waals surface area contributed by atoms with E-state index < -0.39 is 11.6 Å². The van der Waals surface area contributed by atoms with E-state index in [1.54, 1.807) is 4.90 Å². The molecule has 1 aliphatic rings. The summed E-state index contributed by atoms with van der Waals surface area (Å²) in [7, 11) is 0. The van der Waals surface area contributed by atoms with Crippen LogP contribution in [0, 0.1) is 17.6 Å². The van der Waals surface area contributed by atoms with Crippen molar-refractivity contribution in [2.45, 2.75) is 25.8 Å². The molecule has 2 N–H and O–H groups in total. The second-order valence-electron chi connectivity index (χ2n) is 5.14. The zero-order chi connectivity index (χ0) is 14.0. The Bertz CT molecular complexity index is 482. The van der Waals surface area contributed by atoms with E-state index in [1.165, 1.54) is 6.07 Å². The summed E-state index contributed by atoms with van der Waals surface area (Å²) in [6, 6.07) is 3.28. The van der Waals surface area contributed by atoms with Crippen LogP contribution in [0.1, 0.15) is 30.1 Å².